The molecule has 0 bridgehead atoms. The molecule has 1 unspecified atom stereocenters. The van der Waals surface area contributed by atoms with Gasteiger partial charge < -0.3 is 15.2 Å². The van der Waals surface area contributed by atoms with Crippen LogP contribution in [-0.4, -0.2) is 29.3 Å². The predicted molar refractivity (Wildman–Crippen MR) is 80.2 cm³/mol. The second kappa shape index (κ2) is 5.68. The van der Waals surface area contributed by atoms with E-state index < -0.39 is 11.7 Å². The minimum Gasteiger partial charge on any atom is -0.480 e. The van der Waals surface area contributed by atoms with E-state index in [9.17, 15) is 9.90 Å². The van der Waals surface area contributed by atoms with Crippen molar-refractivity contribution in [1.29, 1.82) is 0 Å². The Labute approximate surface area is 125 Å². The van der Waals surface area contributed by atoms with Crippen molar-refractivity contribution >= 4 is 5.91 Å². The van der Waals surface area contributed by atoms with Crippen LogP contribution in [0.5, 0.6) is 5.75 Å². The molecular formula is C17H23NO3. The van der Waals surface area contributed by atoms with E-state index in [1.165, 1.54) is 0 Å². The fourth-order valence-corrected chi connectivity index (χ4v) is 3.17. The van der Waals surface area contributed by atoms with Crippen LogP contribution < -0.4 is 10.1 Å². The molecule has 114 valence electrons. The lowest BCUT2D eigenvalue weighted by molar-refractivity contribution is -0.129. The van der Waals surface area contributed by atoms with E-state index in [2.05, 4.69) is 12.2 Å². The van der Waals surface area contributed by atoms with Crippen LogP contribution in [0.4, 0.5) is 0 Å². The van der Waals surface area contributed by atoms with Gasteiger partial charge in [-0.15, -0.1) is 0 Å². The lowest BCUT2D eigenvalue weighted by Crippen LogP contribution is -2.48. The summed E-state index contributed by atoms with van der Waals surface area (Å²) in [5.74, 6) is 1.34. The summed E-state index contributed by atoms with van der Waals surface area (Å²) in [7, 11) is 0. The quantitative estimate of drug-likeness (QED) is 0.895. The summed E-state index contributed by atoms with van der Waals surface area (Å²) >= 11 is 0. The first kappa shape index (κ1) is 14.4. The molecule has 0 spiro atoms. The van der Waals surface area contributed by atoms with Gasteiger partial charge in [-0.05, 0) is 43.2 Å². The minimum absolute atomic E-state index is 0.127. The van der Waals surface area contributed by atoms with Crippen molar-refractivity contribution in [1.82, 2.24) is 5.32 Å². The second-order valence-electron chi connectivity index (χ2n) is 6.54. The number of aliphatic hydroxyl groups is 1. The Morgan fingerprint density at radius 1 is 1.38 bits per heavy atom. The van der Waals surface area contributed by atoms with E-state index in [1.807, 2.05) is 24.3 Å². The lowest BCUT2D eigenvalue weighted by atomic mass is 9.79. The smallest absolute Gasteiger partial charge is 0.261 e. The van der Waals surface area contributed by atoms with Gasteiger partial charge in [-0.1, -0.05) is 25.1 Å². The van der Waals surface area contributed by atoms with E-state index >= 15 is 0 Å². The summed E-state index contributed by atoms with van der Waals surface area (Å²) < 4.78 is 5.66. The fraction of sp³-hybridized carbons (Fsp3) is 0.588. The van der Waals surface area contributed by atoms with Crippen LogP contribution >= 0.6 is 0 Å². The number of nitrogens with one attached hydrogen (secondary N) is 1. The van der Waals surface area contributed by atoms with Gasteiger partial charge in [0.25, 0.3) is 5.91 Å². The predicted octanol–water partition coefficient (Wildman–Crippen LogP) is 2.05. The van der Waals surface area contributed by atoms with Crippen molar-refractivity contribution in [3.05, 3.63) is 29.8 Å². The topological polar surface area (TPSA) is 58.6 Å². The highest BCUT2D eigenvalue weighted by Crippen LogP contribution is 2.32. The van der Waals surface area contributed by atoms with Crippen LogP contribution in [0.1, 0.15) is 38.2 Å². The molecule has 1 aliphatic carbocycles. The third-order valence-corrected chi connectivity index (χ3v) is 4.74. The molecule has 2 aliphatic rings. The van der Waals surface area contributed by atoms with Gasteiger partial charge in [-0.25, -0.2) is 0 Å². The van der Waals surface area contributed by atoms with Gasteiger partial charge in [-0.2, -0.15) is 0 Å². The molecule has 1 fully saturated rings. The number of carbonyl (C=O) groups is 1. The Bertz CT molecular complexity index is 496. The number of hydrogen-bond acceptors (Lipinski definition) is 3. The number of fused-ring (bicyclic) bond motifs is 1. The van der Waals surface area contributed by atoms with Crippen LogP contribution in [0, 0.1) is 5.92 Å². The molecule has 1 aromatic rings. The van der Waals surface area contributed by atoms with Crippen molar-refractivity contribution in [2.75, 3.05) is 6.54 Å². The third-order valence-electron chi connectivity index (χ3n) is 4.74. The van der Waals surface area contributed by atoms with Crippen molar-refractivity contribution < 1.29 is 14.6 Å². The van der Waals surface area contributed by atoms with Crippen LogP contribution in [0.2, 0.25) is 0 Å². The maximum absolute atomic E-state index is 12.2. The van der Waals surface area contributed by atoms with E-state index in [0.29, 0.717) is 18.9 Å². The Morgan fingerprint density at radius 2 is 2.10 bits per heavy atom. The Balaban J connectivity index is 1.52. The maximum atomic E-state index is 12.2. The average molecular weight is 289 g/mol. The summed E-state index contributed by atoms with van der Waals surface area (Å²) in [6.45, 7) is 2.54. The van der Waals surface area contributed by atoms with E-state index in [4.69, 9.17) is 4.74 Å². The molecule has 1 aliphatic heterocycles. The molecule has 3 rings (SSSR count). The molecule has 0 saturated heterocycles. The highest BCUT2D eigenvalue weighted by Gasteiger charge is 2.34. The van der Waals surface area contributed by atoms with E-state index in [0.717, 1.165) is 37.0 Å². The zero-order valence-electron chi connectivity index (χ0n) is 12.5. The second-order valence-corrected chi connectivity index (χ2v) is 6.54. The molecule has 4 heteroatoms. The zero-order chi connectivity index (χ0) is 14.9. The van der Waals surface area contributed by atoms with Gasteiger partial charge in [0, 0.05) is 13.0 Å². The van der Waals surface area contributed by atoms with Crippen molar-refractivity contribution in [2.24, 2.45) is 5.92 Å². The van der Waals surface area contributed by atoms with Crippen LogP contribution in [-0.2, 0) is 11.2 Å². The number of carbonyl (C=O) groups excluding carboxylic acids is 1. The van der Waals surface area contributed by atoms with Gasteiger partial charge in [-0.3, -0.25) is 4.79 Å². The number of amides is 1. The maximum Gasteiger partial charge on any atom is 0.261 e. The van der Waals surface area contributed by atoms with Crippen molar-refractivity contribution in [2.45, 2.75) is 50.7 Å². The van der Waals surface area contributed by atoms with Crippen molar-refractivity contribution in [3.63, 3.8) is 0 Å². The standard InChI is InChI=1S/C17H23NO3/c1-12-6-8-17(20,9-7-12)11-18-16(19)15-10-13-4-2-3-5-14(13)21-15/h2-5,12,15,20H,6-11H2,1H3,(H,18,19). The summed E-state index contributed by atoms with van der Waals surface area (Å²) in [6, 6.07) is 7.73. The summed E-state index contributed by atoms with van der Waals surface area (Å²) in [6.07, 6.45) is 3.72. The lowest BCUT2D eigenvalue weighted by Gasteiger charge is -2.35. The highest BCUT2D eigenvalue weighted by atomic mass is 16.5. The first-order valence-electron chi connectivity index (χ1n) is 7.80. The first-order chi connectivity index (χ1) is 10.1. The Kier molecular flexibility index (Phi) is 3.89. The number of rotatable bonds is 3. The molecule has 1 saturated carbocycles. The molecule has 4 nitrogen and oxygen atoms in total. The van der Waals surface area contributed by atoms with Crippen LogP contribution in [0.3, 0.4) is 0 Å². The monoisotopic (exact) mass is 289 g/mol. The largest absolute Gasteiger partial charge is 0.480 e. The van der Waals surface area contributed by atoms with E-state index in [1.54, 1.807) is 0 Å². The molecule has 1 atom stereocenters. The average Bonchev–Trinajstić information content (AvgIpc) is 2.92. The van der Waals surface area contributed by atoms with Crippen LogP contribution in [0.15, 0.2) is 24.3 Å². The number of para-hydroxylation sites is 1. The van der Waals surface area contributed by atoms with E-state index in [-0.39, 0.29) is 5.91 Å². The normalized spacial score (nSPS) is 31.3. The molecule has 1 amide bonds. The number of hydrogen-bond donors (Lipinski definition) is 2. The molecule has 1 heterocycles. The Morgan fingerprint density at radius 3 is 2.81 bits per heavy atom. The fourth-order valence-electron chi connectivity index (χ4n) is 3.17. The summed E-state index contributed by atoms with van der Waals surface area (Å²) in [5.41, 5.74) is 0.330. The molecule has 0 aromatic heterocycles. The SMILES string of the molecule is CC1CCC(O)(CNC(=O)C2Cc3ccccc3O2)CC1. The molecule has 1 aromatic carbocycles. The summed E-state index contributed by atoms with van der Waals surface area (Å²) in [4.78, 5) is 12.2. The molecule has 21 heavy (non-hydrogen) atoms. The number of benzene rings is 1. The Hall–Kier alpha value is -1.55. The summed E-state index contributed by atoms with van der Waals surface area (Å²) in [5, 5.41) is 13.4. The number of ether oxygens (including phenoxy) is 1. The zero-order valence-corrected chi connectivity index (χ0v) is 12.5. The first-order valence-corrected chi connectivity index (χ1v) is 7.80. The molecule has 0 radical (unpaired) electrons. The molecular weight excluding hydrogens is 266 g/mol. The van der Waals surface area contributed by atoms with Gasteiger partial charge in [0.05, 0.1) is 5.60 Å². The van der Waals surface area contributed by atoms with Crippen LogP contribution in [0.25, 0.3) is 0 Å². The van der Waals surface area contributed by atoms with Gasteiger partial charge in [0.1, 0.15) is 5.75 Å². The van der Waals surface area contributed by atoms with Crippen molar-refractivity contribution in [3.8, 4) is 5.75 Å². The third kappa shape index (κ3) is 3.21. The van der Waals surface area contributed by atoms with Gasteiger partial charge in [0.2, 0.25) is 0 Å². The van der Waals surface area contributed by atoms with Gasteiger partial charge >= 0.3 is 0 Å². The van der Waals surface area contributed by atoms with Gasteiger partial charge in [0.15, 0.2) is 6.10 Å². The highest BCUT2D eigenvalue weighted by molar-refractivity contribution is 5.82. The molecule has 2 N–H and O–H groups in total. The minimum atomic E-state index is -0.742.